The lowest BCUT2D eigenvalue weighted by Gasteiger charge is -2.19. The fourth-order valence-corrected chi connectivity index (χ4v) is 2.98. The summed E-state index contributed by atoms with van der Waals surface area (Å²) < 4.78 is 52.3. The molecular weight excluding hydrogens is 276 g/mol. The molecule has 0 unspecified atom stereocenters. The summed E-state index contributed by atoms with van der Waals surface area (Å²) in [6.07, 6.45) is 5.05. The van der Waals surface area contributed by atoms with Crippen molar-refractivity contribution >= 4 is 10.0 Å². The molecule has 104 valence electrons. The van der Waals surface area contributed by atoms with Crippen LogP contribution in [0.3, 0.4) is 0 Å². The Labute approximate surface area is 110 Å². The molecule has 0 fully saturated rings. The van der Waals surface area contributed by atoms with Gasteiger partial charge in [-0.2, -0.15) is 4.31 Å². The number of benzene rings is 1. The Morgan fingerprint density at radius 3 is 2.53 bits per heavy atom. The topological polar surface area (TPSA) is 57.6 Å². The highest BCUT2D eigenvalue weighted by molar-refractivity contribution is 7.89. The van der Waals surface area contributed by atoms with Crippen molar-refractivity contribution in [2.45, 2.75) is 18.4 Å². The van der Waals surface area contributed by atoms with Crippen molar-refractivity contribution in [2.75, 3.05) is 13.1 Å². The van der Waals surface area contributed by atoms with Crippen LogP contribution < -0.4 is 0 Å². The third kappa shape index (κ3) is 2.92. The SMILES string of the molecule is C#CCN(CC)S(=O)(=O)c1ccc(F)c(CO)c1F. The summed E-state index contributed by atoms with van der Waals surface area (Å²) in [7, 11) is -4.16. The van der Waals surface area contributed by atoms with Gasteiger partial charge in [-0.25, -0.2) is 17.2 Å². The smallest absolute Gasteiger partial charge is 0.246 e. The second-order valence-electron chi connectivity index (χ2n) is 3.63. The molecule has 0 atom stereocenters. The van der Waals surface area contributed by atoms with Crippen molar-refractivity contribution in [2.24, 2.45) is 0 Å². The zero-order chi connectivity index (χ0) is 14.6. The minimum absolute atomic E-state index is 0.0534. The van der Waals surface area contributed by atoms with Gasteiger partial charge < -0.3 is 5.11 Å². The molecule has 7 heteroatoms. The van der Waals surface area contributed by atoms with Gasteiger partial charge in [-0.15, -0.1) is 6.42 Å². The maximum absolute atomic E-state index is 13.9. The van der Waals surface area contributed by atoms with Crippen molar-refractivity contribution in [3.05, 3.63) is 29.3 Å². The standard InChI is InChI=1S/C12H13F2NO3S/c1-3-7-15(4-2)19(17,18)11-6-5-10(13)9(8-16)12(11)14/h1,5-6,16H,4,7-8H2,2H3. The average molecular weight is 289 g/mol. The number of sulfonamides is 1. The van der Waals surface area contributed by atoms with E-state index in [1.807, 2.05) is 0 Å². The summed E-state index contributed by atoms with van der Waals surface area (Å²) in [4.78, 5) is -0.699. The quantitative estimate of drug-likeness (QED) is 0.826. The zero-order valence-corrected chi connectivity index (χ0v) is 11.0. The molecule has 0 bridgehead atoms. The number of aliphatic hydroxyl groups excluding tert-OH is 1. The Kier molecular flexibility index (Phi) is 5.00. The molecular formula is C12H13F2NO3S. The number of nitrogens with zero attached hydrogens (tertiary/aromatic N) is 1. The van der Waals surface area contributed by atoms with Gasteiger partial charge >= 0.3 is 0 Å². The predicted molar refractivity (Wildman–Crippen MR) is 65.5 cm³/mol. The van der Waals surface area contributed by atoms with Crippen LogP contribution in [-0.4, -0.2) is 30.9 Å². The second kappa shape index (κ2) is 6.10. The minimum atomic E-state index is -4.16. The predicted octanol–water partition coefficient (Wildman–Crippen LogP) is 1.10. The molecule has 1 aromatic carbocycles. The van der Waals surface area contributed by atoms with Crippen LogP contribution in [0.15, 0.2) is 17.0 Å². The van der Waals surface area contributed by atoms with Gasteiger partial charge in [-0.3, -0.25) is 0 Å². The molecule has 19 heavy (non-hydrogen) atoms. The lowest BCUT2D eigenvalue weighted by atomic mass is 10.2. The van der Waals surface area contributed by atoms with E-state index in [0.717, 1.165) is 16.4 Å². The van der Waals surface area contributed by atoms with Crippen LogP contribution in [-0.2, 0) is 16.6 Å². The Balaban J connectivity index is 3.42. The first-order valence-corrected chi connectivity index (χ1v) is 6.85. The summed E-state index contributed by atoms with van der Waals surface area (Å²) in [6.45, 7) is 0.452. The molecule has 0 radical (unpaired) electrons. The van der Waals surface area contributed by atoms with E-state index in [0.29, 0.717) is 0 Å². The lowest BCUT2D eigenvalue weighted by molar-refractivity contribution is 0.267. The van der Waals surface area contributed by atoms with Gasteiger partial charge in [-0.1, -0.05) is 12.8 Å². The zero-order valence-electron chi connectivity index (χ0n) is 10.2. The number of hydrogen-bond acceptors (Lipinski definition) is 3. The number of aliphatic hydroxyl groups is 1. The Morgan fingerprint density at radius 1 is 1.42 bits per heavy atom. The number of halogens is 2. The first-order chi connectivity index (χ1) is 8.89. The Morgan fingerprint density at radius 2 is 2.05 bits per heavy atom. The molecule has 0 saturated carbocycles. The van der Waals surface area contributed by atoms with Crippen LogP contribution in [0.2, 0.25) is 0 Å². The largest absolute Gasteiger partial charge is 0.391 e. The number of terminal acetylenes is 1. The lowest BCUT2D eigenvalue weighted by Crippen LogP contribution is -2.32. The maximum Gasteiger partial charge on any atom is 0.246 e. The van der Waals surface area contributed by atoms with E-state index in [9.17, 15) is 17.2 Å². The van der Waals surface area contributed by atoms with Crippen molar-refractivity contribution in [3.63, 3.8) is 0 Å². The third-order valence-electron chi connectivity index (χ3n) is 2.55. The molecule has 1 N–H and O–H groups in total. The third-order valence-corrected chi connectivity index (χ3v) is 4.49. The van der Waals surface area contributed by atoms with E-state index in [4.69, 9.17) is 11.5 Å². The molecule has 0 heterocycles. The fourth-order valence-electron chi connectivity index (χ4n) is 1.53. The van der Waals surface area contributed by atoms with Crippen LogP contribution in [0, 0.1) is 24.0 Å². The van der Waals surface area contributed by atoms with Crippen LogP contribution in [0.5, 0.6) is 0 Å². The molecule has 1 aromatic rings. The van der Waals surface area contributed by atoms with Gasteiger partial charge in [0.25, 0.3) is 0 Å². The van der Waals surface area contributed by atoms with Crippen molar-refractivity contribution in [3.8, 4) is 12.3 Å². The fraction of sp³-hybridized carbons (Fsp3) is 0.333. The maximum atomic E-state index is 13.9. The minimum Gasteiger partial charge on any atom is -0.391 e. The van der Waals surface area contributed by atoms with Gasteiger partial charge in [0.2, 0.25) is 10.0 Å². The van der Waals surface area contributed by atoms with Crippen LogP contribution >= 0.6 is 0 Å². The monoisotopic (exact) mass is 289 g/mol. The van der Waals surface area contributed by atoms with Crippen LogP contribution in [0.25, 0.3) is 0 Å². The highest BCUT2D eigenvalue weighted by Gasteiger charge is 2.28. The van der Waals surface area contributed by atoms with Crippen molar-refractivity contribution in [1.82, 2.24) is 4.31 Å². The highest BCUT2D eigenvalue weighted by Crippen LogP contribution is 2.23. The van der Waals surface area contributed by atoms with Crippen LogP contribution in [0.1, 0.15) is 12.5 Å². The number of rotatable bonds is 5. The van der Waals surface area contributed by atoms with Crippen molar-refractivity contribution in [1.29, 1.82) is 0 Å². The highest BCUT2D eigenvalue weighted by atomic mass is 32.2. The number of hydrogen-bond donors (Lipinski definition) is 1. The van der Waals surface area contributed by atoms with E-state index in [1.54, 1.807) is 6.92 Å². The molecule has 4 nitrogen and oxygen atoms in total. The molecule has 0 aromatic heterocycles. The first kappa shape index (κ1) is 15.6. The van der Waals surface area contributed by atoms with Crippen LogP contribution in [0.4, 0.5) is 8.78 Å². The normalized spacial score (nSPS) is 11.6. The van der Waals surface area contributed by atoms with Gasteiger partial charge in [0.1, 0.15) is 10.7 Å². The second-order valence-corrected chi connectivity index (χ2v) is 5.54. The summed E-state index contributed by atoms with van der Waals surface area (Å²) >= 11 is 0. The van der Waals surface area contributed by atoms with Gasteiger partial charge in [-0.05, 0) is 12.1 Å². The van der Waals surface area contributed by atoms with Gasteiger partial charge in [0.15, 0.2) is 5.82 Å². The van der Waals surface area contributed by atoms with Gasteiger partial charge in [0.05, 0.1) is 18.7 Å². The van der Waals surface area contributed by atoms with E-state index < -0.39 is 38.7 Å². The van der Waals surface area contributed by atoms with E-state index in [-0.39, 0.29) is 13.1 Å². The summed E-state index contributed by atoms with van der Waals surface area (Å²) in [5.74, 6) is -0.140. The summed E-state index contributed by atoms with van der Waals surface area (Å²) in [6, 6.07) is 1.61. The Hall–Kier alpha value is -1.49. The first-order valence-electron chi connectivity index (χ1n) is 5.41. The molecule has 0 saturated heterocycles. The van der Waals surface area contributed by atoms with E-state index in [1.165, 1.54) is 0 Å². The summed E-state index contributed by atoms with van der Waals surface area (Å²) in [5.41, 5.74) is -0.683. The van der Waals surface area contributed by atoms with Gasteiger partial charge in [0, 0.05) is 6.54 Å². The molecule has 0 amide bonds. The summed E-state index contributed by atoms with van der Waals surface area (Å²) in [5, 5.41) is 8.87. The molecule has 0 spiro atoms. The average Bonchev–Trinajstić information content (AvgIpc) is 2.35. The van der Waals surface area contributed by atoms with Crippen molar-refractivity contribution < 1.29 is 22.3 Å². The molecule has 0 aliphatic heterocycles. The van der Waals surface area contributed by atoms with E-state index in [2.05, 4.69) is 5.92 Å². The molecule has 0 aliphatic rings. The Bertz CT molecular complexity index is 608. The van der Waals surface area contributed by atoms with E-state index >= 15 is 0 Å². The molecule has 0 aliphatic carbocycles. The molecule has 1 rings (SSSR count).